The molecule has 2 aliphatic rings. The van der Waals surface area contributed by atoms with Gasteiger partial charge in [-0.2, -0.15) is 0 Å². The largest absolute Gasteiger partial charge is 0.390 e. The summed E-state index contributed by atoms with van der Waals surface area (Å²) in [7, 11) is 0. The number of aryl methyl sites for hydroxylation is 2. The Balaban J connectivity index is 0.000000247. The van der Waals surface area contributed by atoms with Crippen LogP contribution in [0.1, 0.15) is 138 Å². The molecule has 0 aromatic heterocycles. The molecule has 0 saturated carbocycles. The van der Waals surface area contributed by atoms with Crippen molar-refractivity contribution < 1.29 is 47.0 Å². The lowest BCUT2D eigenvalue weighted by atomic mass is 9.78. The van der Waals surface area contributed by atoms with Gasteiger partial charge in [0.1, 0.15) is 23.3 Å². The Kier molecular flexibility index (Phi) is 26.7. The summed E-state index contributed by atoms with van der Waals surface area (Å²) in [6.07, 6.45) is 3.77. The Morgan fingerprint density at radius 3 is 1.40 bits per heavy atom. The maximum Gasteiger partial charge on any atom is 0.222 e. The van der Waals surface area contributed by atoms with Crippen molar-refractivity contribution in [1.82, 2.24) is 31.5 Å². The van der Waals surface area contributed by atoms with Gasteiger partial charge in [-0.1, -0.05) is 151 Å². The molecule has 2 saturated heterocycles. The molecule has 8 rings (SSSR count). The van der Waals surface area contributed by atoms with Crippen molar-refractivity contribution in [2.45, 2.75) is 166 Å². The lowest BCUT2D eigenvalue weighted by molar-refractivity contribution is -0.134. The van der Waals surface area contributed by atoms with E-state index in [4.69, 9.17) is 11.6 Å². The van der Waals surface area contributed by atoms with Crippen molar-refractivity contribution in [3.05, 3.63) is 213 Å². The summed E-state index contributed by atoms with van der Waals surface area (Å²) in [5.74, 6) is -3.39. The Bertz CT molecular complexity index is 3210. The van der Waals surface area contributed by atoms with E-state index in [1.807, 2.05) is 71.6 Å². The predicted octanol–water partition coefficient (Wildman–Crippen LogP) is 11.3. The molecule has 89 heavy (non-hydrogen) atoms. The first-order valence-corrected chi connectivity index (χ1v) is 31.3. The molecule has 17 heteroatoms. The highest BCUT2D eigenvalue weighted by atomic mass is 35.5. The number of aliphatic hydroxyl groups is 2. The Labute approximate surface area is 529 Å². The maximum atomic E-state index is 13.9. The van der Waals surface area contributed by atoms with Crippen LogP contribution in [0.4, 0.5) is 17.6 Å². The van der Waals surface area contributed by atoms with Gasteiger partial charge in [0, 0.05) is 71.5 Å². The third kappa shape index (κ3) is 22.9. The van der Waals surface area contributed by atoms with Gasteiger partial charge >= 0.3 is 0 Å². The molecule has 0 aliphatic carbocycles. The highest BCUT2D eigenvalue weighted by Crippen LogP contribution is 2.36. The van der Waals surface area contributed by atoms with Crippen LogP contribution in [0.5, 0.6) is 0 Å². The monoisotopic (exact) mass is 1250 g/mol. The first-order valence-electron chi connectivity index (χ1n) is 30.9. The second-order valence-corrected chi connectivity index (χ2v) is 26.2. The molecule has 3 amide bonds. The average molecular weight is 1250 g/mol. The average Bonchev–Trinajstić information content (AvgIpc) is 2.29. The number of rotatable bonds is 22. The Morgan fingerprint density at radius 1 is 0.562 bits per heavy atom. The minimum atomic E-state index is -1.07. The first kappa shape index (κ1) is 71.3. The summed E-state index contributed by atoms with van der Waals surface area (Å²) in [5.41, 5.74) is 6.47. The zero-order valence-electron chi connectivity index (χ0n) is 52.8. The van der Waals surface area contributed by atoms with Gasteiger partial charge in [-0.3, -0.25) is 19.2 Å². The molecule has 6 atom stereocenters. The number of nitrogens with one attached hydrogen (secondary N) is 5. The number of hydrogen-bond acceptors (Lipinski definition) is 9. The van der Waals surface area contributed by atoms with Gasteiger partial charge < -0.3 is 41.7 Å². The van der Waals surface area contributed by atoms with Crippen molar-refractivity contribution in [2.75, 3.05) is 39.3 Å². The van der Waals surface area contributed by atoms with Gasteiger partial charge in [0.15, 0.2) is 0 Å². The van der Waals surface area contributed by atoms with Crippen LogP contribution >= 0.6 is 11.6 Å². The number of piperidine rings is 2. The highest BCUT2D eigenvalue weighted by molar-refractivity contribution is 6.63. The highest BCUT2D eigenvalue weighted by Gasteiger charge is 2.40. The smallest absolute Gasteiger partial charge is 0.222 e. The number of likely N-dealkylation sites (tertiary alicyclic amines) is 1. The van der Waals surface area contributed by atoms with Crippen LogP contribution < -0.4 is 26.6 Å². The van der Waals surface area contributed by atoms with E-state index in [1.165, 1.54) is 43.7 Å². The third-order valence-corrected chi connectivity index (χ3v) is 16.7. The molecule has 0 spiro atoms. The number of nitrogens with zero attached hydrogens (tertiary/aromatic N) is 1. The number of carbonyl (C=O) groups is 4. The van der Waals surface area contributed by atoms with E-state index in [0.29, 0.717) is 50.0 Å². The summed E-state index contributed by atoms with van der Waals surface area (Å²) in [6, 6.07) is 41.7. The lowest BCUT2D eigenvalue weighted by Crippen LogP contribution is -2.59. The van der Waals surface area contributed by atoms with Gasteiger partial charge in [0.2, 0.25) is 23.0 Å². The molecule has 6 aromatic rings. The molecular formula is C72H91ClF4N6O6. The van der Waals surface area contributed by atoms with Crippen molar-refractivity contribution in [3.8, 4) is 0 Å². The fourth-order valence-corrected chi connectivity index (χ4v) is 11.7. The second kappa shape index (κ2) is 33.3. The Hall–Kier alpha value is -6.79. The van der Waals surface area contributed by atoms with Crippen LogP contribution in [0.25, 0.3) is 0 Å². The second-order valence-electron chi connectivity index (χ2n) is 25.8. The number of hydrogen-bond donors (Lipinski definition) is 7. The Morgan fingerprint density at radius 2 is 0.989 bits per heavy atom. The minimum Gasteiger partial charge on any atom is -0.390 e. The molecule has 0 radical (unpaired) electrons. The summed E-state index contributed by atoms with van der Waals surface area (Å²) in [5, 5.41) is 38.3. The summed E-state index contributed by atoms with van der Waals surface area (Å²) in [6.45, 7) is 18.8. The van der Waals surface area contributed by atoms with Gasteiger partial charge in [0.05, 0.1) is 35.4 Å². The molecule has 6 unspecified atom stereocenters. The molecular weight excluding hydrogens is 1160 g/mol. The number of aliphatic hydroxyl groups excluding tert-OH is 2. The maximum absolute atomic E-state index is 13.9. The van der Waals surface area contributed by atoms with Gasteiger partial charge in [-0.15, -0.1) is 0 Å². The summed E-state index contributed by atoms with van der Waals surface area (Å²) < 4.78 is 55.2. The van der Waals surface area contributed by atoms with Crippen molar-refractivity contribution >= 4 is 34.6 Å². The van der Waals surface area contributed by atoms with Crippen LogP contribution in [-0.4, -0.2) is 102 Å². The molecule has 7 N–H and O–H groups in total. The van der Waals surface area contributed by atoms with Crippen LogP contribution in [0.15, 0.2) is 146 Å². The third-order valence-electron chi connectivity index (χ3n) is 16.5. The molecule has 2 fully saturated rings. The van der Waals surface area contributed by atoms with E-state index < -0.39 is 53.1 Å². The van der Waals surface area contributed by atoms with Crippen molar-refractivity contribution in [1.29, 1.82) is 0 Å². The zero-order valence-corrected chi connectivity index (χ0v) is 53.6. The van der Waals surface area contributed by atoms with E-state index in [0.717, 1.165) is 78.6 Å². The van der Waals surface area contributed by atoms with Crippen LogP contribution in [0.3, 0.4) is 0 Å². The summed E-state index contributed by atoms with van der Waals surface area (Å²) >= 11 is 5.19. The van der Waals surface area contributed by atoms with Crippen LogP contribution in [0, 0.1) is 23.3 Å². The molecule has 6 aromatic carbocycles. The summed E-state index contributed by atoms with van der Waals surface area (Å²) in [4.78, 5) is 49.6. The topological polar surface area (TPSA) is 172 Å². The standard InChI is InChI=1S/C36H45F2N3O3.C27H37F2N3O2.C9H9ClO/c1-25(42)40-32(20-27-18-30(37)22-31(38)19-27)33(43)23-39-36(29-13-8-12-28(21-29)35(2,3)4)16-9-17-41(24-36)34(44)15-14-26-10-6-5-7-11-26;1-18(33)32-24(13-19-11-22(28)15-23(29)12-19)25(34)16-31-27(9-6-10-30-17-27)21-8-5-7-20(14-21)26(2,3)4;10-9(11)7-6-8-4-2-1-3-5-8/h5-8,10-13,18-19,21-22,32-33,39,43H,9,14-17,20,23-24H2,1-4H3,(H,40,42);5,7-8,11-12,14-15,24-25,30-31,34H,6,9-10,13,16-17H2,1-4H3,(H,32,33);1-5H,6-7H2. The quantitative estimate of drug-likeness (QED) is 0.0258. The molecule has 480 valence electrons. The number of carbonyl (C=O) groups excluding carboxylic acids is 4. The molecule has 2 heterocycles. The number of amides is 3. The van der Waals surface area contributed by atoms with E-state index in [-0.39, 0.29) is 65.3 Å². The van der Waals surface area contributed by atoms with E-state index in [2.05, 4.69) is 111 Å². The van der Waals surface area contributed by atoms with Gasteiger partial charge in [0.25, 0.3) is 0 Å². The fraction of sp³-hybridized carbons (Fsp3) is 0.444. The predicted molar refractivity (Wildman–Crippen MR) is 345 cm³/mol. The molecule has 12 nitrogen and oxygen atoms in total. The normalized spacial score (nSPS) is 18.2. The number of benzene rings is 6. The van der Waals surface area contributed by atoms with Gasteiger partial charge in [-0.25, -0.2) is 17.6 Å². The van der Waals surface area contributed by atoms with Gasteiger partial charge in [-0.05, 0) is 149 Å². The van der Waals surface area contributed by atoms with Crippen LogP contribution in [0.2, 0.25) is 0 Å². The molecule has 0 bridgehead atoms. The lowest BCUT2D eigenvalue weighted by Gasteiger charge is -2.45. The van der Waals surface area contributed by atoms with Crippen molar-refractivity contribution in [2.24, 2.45) is 0 Å². The molecule has 2 aliphatic heterocycles. The van der Waals surface area contributed by atoms with E-state index >= 15 is 0 Å². The number of halogens is 5. The first-order chi connectivity index (χ1) is 42.1. The minimum absolute atomic E-state index is 0.00947. The fourth-order valence-electron chi connectivity index (χ4n) is 11.6. The van der Waals surface area contributed by atoms with Crippen LogP contribution in [-0.2, 0) is 66.8 Å². The SMILES string of the molecule is CC(=O)NC(Cc1cc(F)cc(F)c1)C(O)CNC1(c2cccc(C(C)(C)C)c2)CCCN(C(=O)CCc2ccccc2)C1.CC(=O)NC(Cc1cc(F)cc(F)c1)C(O)CNC1(c2cccc(C(C)(C)C)c2)CCCNC1.O=C(Cl)CCc1ccccc1. The van der Waals surface area contributed by atoms with E-state index in [1.54, 1.807) is 0 Å². The van der Waals surface area contributed by atoms with Crippen molar-refractivity contribution in [3.63, 3.8) is 0 Å². The zero-order chi connectivity index (χ0) is 64.9. The van der Waals surface area contributed by atoms with E-state index in [9.17, 15) is 47.0 Å².